The standard InChI is InChI=1S/C13H28N2O2S/c1-11(9-13(3,4)5)14-7-8-15(12(2)10-14)18(6,16)17/h11-12H,7-10H2,1-6H3. The zero-order valence-corrected chi connectivity index (χ0v) is 13.4. The van der Waals surface area contributed by atoms with Crippen molar-refractivity contribution in [2.24, 2.45) is 5.41 Å². The van der Waals surface area contributed by atoms with Gasteiger partial charge >= 0.3 is 0 Å². The predicted octanol–water partition coefficient (Wildman–Crippen LogP) is 1.78. The Balaban J connectivity index is 2.61. The summed E-state index contributed by atoms with van der Waals surface area (Å²) in [7, 11) is -3.05. The van der Waals surface area contributed by atoms with Crippen molar-refractivity contribution in [2.75, 3.05) is 25.9 Å². The van der Waals surface area contributed by atoms with Crippen LogP contribution in [-0.4, -0.2) is 55.6 Å². The molecule has 0 saturated carbocycles. The molecular formula is C13H28N2O2S. The third-order valence-corrected chi connectivity index (χ3v) is 4.95. The first kappa shape index (κ1) is 15.9. The Morgan fingerprint density at radius 2 is 1.83 bits per heavy atom. The molecule has 0 bridgehead atoms. The van der Waals surface area contributed by atoms with Crippen molar-refractivity contribution in [1.82, 2.24) is 9.21 Å². The Morgan fingerprint density at radius 3 is 2.22 bits per heavy atom. The molecular weight excluding hydrogens is 248 g/mol. The highest BCUT2D eigenvalue weighted by Gasteiger charge is 2.32. The second kappa shape index (κ2) is 5.47. The largest absolute Gasteiger partial charge is 0.298 e. The van der Waals surface area contributed by atoms with E-state index in [9.17, 15) is 8.42 Å². The van der Waals surface area contributed by atoms with Crippen LogP contribution in [0, 0.1) is 5.41 Å². The summed E-state index contributed by atoms with van der Waals surface area (Å²) in [5.41, 5.74) is 0.316. The molecule has 4 nitrogen and oxygen atoms in total. The van der Waals surface area contributed by atoms with Gasteiger partial charge in [-0.2, -0.15) is 4.31 Å². The SMILES string of the molecule is CC(CC(C)(C)C)N1CCN(S(C)(=O)=O)C(C)C1. The first-order valence-electron chi connectivity index (χ1n) is 6.71. The molecule has 5 heteroatoms. The first-order valence-corrected chi connectivity index (χ1v) is 8.56. The molecule has 0 aromatic heterocycles. The molecule has 2 atom stereocenters. The van der Waals surface area contributed by atoms with E-state index in [-0.39, 0.29) is 6.04 Å². The van der Waals surface area contributed by atoms with Gasteiger partial charge in [0.25, 0.3) is 0 Å². The molecule has 1 rings (SSSR count). The summed E-state index contributed by atoms with van der Waals surface area (Å²) in [5, 5.41) is 0. The molecule has 2 unspecified atom stereocenters. The van der Waals surface area contributed by atoms with Crippen molar-refractivity contribution in [3.8, 4) is 0 Å². The molecule has 1 fully saturated rings. The molecule has 0 aromatic carbocycles. The van der Waals surface area contributed by atoms with Crippen LogP contribution in [0.25, 0.3) is 0 Å². The normalized spacial score (nSPS) is 26.2. The molecule has 1 saturated heterocycles. The smallest absolute Gasteiger partial charge is 0.211 e. The van der Waals surface area contributed by atoms with Gasteiger partial charge in [-0.3, -0.25) is 4.90 Å². The van der Waals surface area contributed by atoms with Crippen LogP contribution in [0.1, 0.15) is 41.0 Å². The van der Waals surface area contributed by atoms with Crippen LogP contribution in [0.3, 0.4) is 0 Å². The molecule has 108 valence electrons. The summed E-state index contributed by atoms with van der Waals surface area (Å²) < 4.78 is 24.8. The highest BCUT2D eigenvalue weighted by atomic mass is 32.2. The lowest BCUT2D eigenvalue weighted by atomic mass is 9.88. The van der Waals surface area contributed by atoms with Gasteiger partial charge in [0.2, 0.25) is 10.0 Å². The fourth-order valence-electron chi connectivity index (χ4n) is 2.88. The quantitative estimate of drug-likeness (QED) is 0.789. The summed E-state index contributed by atoms with van der Waals surface area (Å²) in [6, 6.07) is 0.588. The maximum Gasteiger partial charge on any atom is 0.211 e. The highest BCUT2D eigenvalue weighted by Crippen LogP contribution is 2.25. The topological polar surface area (TPSA) is 40.6 Å². The summed E-state index contributed by atoms with van der Waals surface area (Å²) in [5.74, 6) is 0. The zero-order chi connectivity index (χ0) is 14.1. The van der Waals surface area contributed by atoms with Gasteiger partial charge in [0.15, 0.2) is 0 Å². The molecule has 0 aromatic rings. The number of sulfonamides is 1. The molecule has 0 N–H and O–H groups in total. The highest BCUT2D eigenvalue weighted by molar-refractivity contribution is 7.88. The van der Waals surface area contributed by atoms with E-state index in [4.69, 9.17) is 0 Å². The van der Waals surface area contributed by atoms with Crippen molar-refractivity contribution < 1.29 is 8.42 Å². The van der Waals surface area contributed by atoms with Crippen molar-refractivity contribution in [2.45, 2.75) is 53.1 Å². The van der Waals surface area contributed by atoms with Gasteiger partial charge in [-0.05, 0) is 25.7 Å². The van der Waals surface area contributed by atoms with Crippen LogP contribution in [0.15, 0.2) is 0 Å². The Bertz CT molecular complexity index is 373. The fourth-order valence-corrected chi connectivity index (χ4v) is 4.01. The van der Waals surface area contributed by atoms with E-state index in [0.29, 0.717) is 18.0 Å². The minimum atomic E-state index is -3.05. The Labute approximate surface area is 112 Å². The fraction of sp³-hybridized carbons (Fsp3) is 1.00. The van der Waals surface area contributed by atoms with Crippen LogP contribution < -0.4 is 0 Å². The summed E-state index contributed by atoms with van der Waals surface area (Å²) in [6.45, 7) is 13.3. The lowest BCUT2D eigenvalue weighted by Crippen LogP contribution is -2.56. The van der Waals surface area contributed by atoms with Gasteiger partial charge in [-0.25, -0.2) is 8.42 Å². The van der Waals surface area contributed by atoms with E-state index in [1.165, 1.54) is 6.26 Å². The van der Waals surface area contributed by atoms with E-state index in [2.05, 4.69) is 32.6 Å². The van der Waals surface area contributed by atoms with E-state index in [0.717, 1.165) is 19.5 Å². The third-order valence-electron chi connectivity index (χ3n) is 3.56. The van der Waals surface area contributed by atoms with Gasteiger partial charge in [0.05, 0.1) is 6.26 Å². The van der Waals surface area contributed by atoms with Crippen molar-refractivity contribution in [1.29, 1.82) is 0 Å². The monoisotopic (exact) mass is 276 g/mol. The molecule has 0 radical (unpaired) electrons. The number of nitrogens with zero attached hydrogens (tertiary/aromatic N) is 2. The molecule has 1 aliphatic rings. The Hall–Kier alpha value is -0.130. The minimum absolute atomic E-state index is 0.0798. The summed E-state index contributed by atoms with van der Waals surface area (Å²) >= 11 is 0. The molecule has 0 aliphatic carbocycles. The zero-order valence-electron chi connectivity index (χ0n) is 12.6. The predicted molar refractivity (Wildman–Crippen MR) is 76.1 cm³/mol. The summed E-state index contributed by atoms with van der Waals surface area (Å²) in [4.78, 5) is 2.41. The molecule has 0 spiro atoms. The number of rotatable bonds is 3. The second-order valence-corrected chi connectivity index (χ2v) is 8.77. The van der Waals surface area contributed by atoms with E-state index < -0.39 is 10.0 Å². The van der Waals surface area contributed by atoms with Gasteiger partial charge < -0.3 is 0 Å². The van der Waals surface area contributed by atoms with Crippen molar-refractivity contribution >= 4 is 10.0 Å². The minimum Gasteiger partial charge on any atom is -0.298 e. The van der Waals surface area contributed by atoms with E-state index >= 15 is 0 Å². The Morgan fingerprint density at radius 1 is 1.28 bits per heavy atom. The first-order chi connectivity index (χ1) is 8.00. The van der Waals surface area contributed by atoms with Crippen LogP contribution in [-0.2, 0) is 10.0 Å². The van der Waals surface area contributed by atoms with E-state index in [1.54, 1.807) is 4.31 Å². The van der Waals surface area contributed by atoms with Crippen molar-refractivity contribution in [3.05, 3.63) is 0 Å². The van der Waals surface area contributed by atoms with Crippen LogP contribution >= 0.6 is 0 Å². The maximum absolute atomic E-state index is 11.6. The van der Waals surface area contributed by atoms with Gasteiger partial charge in [-0.1, -0.05) is 20.8 Å². The van der Waals surface area contributed by atoms with Gasteiger partial charge in [0, 0.05) is 31.7 Å². The lowest BCUT2D eigenvalue weighted by Gasteiger charge is -2.42. The second-order valence-electron chi connectivity index (χ2n) is 6.83. The average molecular weight is 276 g/mol. The third kappa shape index (κ3) is 4.52. The van der Waals surface area contributed by atoms with Crippen LogP contribution in [0.5, 0.6) is 0 Å². The molecule has 18 heavy (non-hydrogen) atoms. The number of hydrogen-bond donors (Lipinski definition) is 0. The summed E-state index contributed by atoms with van der Waals surface area (Å²) in [6.07, 6.45) is 2.44. The van der Waals surface area contributed by atoms with Crippen LogP contribution in [0.4, 0.5) is 0 Å². The molecule has 1 heterocycles. The lowest BCUT2D eigenvalue weighted by molar-refractivity contribution is 0.0886. The van der Waals surface area contributed by atoms with Gasteiger partial charge in [0.1, 0.15) is 0 Å². The molecule has 0 amide bonds. The number of piperazine rings is 1. The van der Waals surface area contributed by atoms with Gasteiger partial charge in [-0.15, -0.1) is 0 Å². The Kier molecular flexibility index (Phi) is 4.84. The average Bonchev–Trinajstić information content (AvgIpc) is 2.12. The molecule has 1 aliphatic heterocycles. The maximum atomic E-state index is 11.6. The van der Waals surface area contributed by atoms with E-state index in [1.807, 2.05) is 6.92 Å². The number of hydrogen-bond acceptors (Lipinski definition) is 3. The van der Waals surface area contributed by atoms with Crippen LogP contribution in [0.2, 0.25) is 0 Å². The van der Waals surface area contributed by atoms with Crippen molar-refractivity contribution in [3.63, 3.8) is 0 Å².